The molecule has 1 unspecified atom stereocenters. The van der Waals surface area contributed by atoms with Gasteiger partial charge in [0.1, 0.15) is 24.7 Å². The predicted molar refractivity (Wildman–Crippen MR) is 125 cm³/mol. The average Bonchev–Trinajstić information content (AvgIpc) is 3.13. The molecule has 0 saturated carbocycles. The van der Waals surface area contributed by atoms with Gasteiger partial charge < -0.3 is 24.2 Å². The Kier molecular flexibility index (Phi) is 5.67. The maximum absolute atomic E-state index is 13.3. The topological polar surface area (TPSA) is 85.3 Å². The van der Waals surface area contributed by atoms with E-state index in [1.807, 2.05) is 36.4 Å². The van der Waals surface area contributed by atoms with Crippen molar-refractivity contribution >= 4 is 17.4 Å². The highest BCUT2D eigenvalue weighted by Crippen LogP contribution is 2.42. The van der Waals surface area contributed by atoms with Crippen LogP contribution in [-0.2, 0) is 16.1 Å². The summed E-state index contributed by atoms with van der Waals surface area (Å²) in [5.74, 6) is -0.0452. The molecule has 7 heteroatoms. The van der Waals surface area contributed by atoms with E-state index in [9.17, 15) is 14.7 Å². The number of amides is 1. The third-order valence-electron chi connectivity index (χ3n) is 5.96. The standard InChI is InChI=1S/C27H23NO6/c1-32-20-9-5-8-18(14-20)24-23(25(29)19-10-11-21-22(15-19)34-13-12-33-21)26(30)27(31)28(24)16-17-6-3-2-4-7-17/h2-11,14-15,24,29H,12-13,16H2,1H3. The Morgan fingerprint density at radius 1 is 0.971 bits per heavy atom. The van der Waals surface area contributed by atoms with Crippen molar-refractivity contribution in [2.45, 2.75) is 12.6 Å². The predicted octanol–water partition coefficient (Wildman–Crippen LogP) is 4.09. The number of fused-ring (bicyclic) bond motifs is 1. The number of Topliss-reactive ketones (excluding diaryl/α,β-unsaturated/α-hetero) is 1. The van der Waals surface area contributed by atoms with E-state index in [0.717, 1.165) is 5.56 Å². The lowest BCUT2D eigenvalue weighted by atomic mass is 9.95. The maximum atomic E-state index is 13.3. The van der Waals surface area contributed by atoms with Crippen LogP contribution in [0.15, 0.2) is 78.4 Å². The molecule has 1 atom stereocenters. The summed E-state index contributed by atoms with van der Waals surface area (Å²) in [6.45, 7) is 1.05. The van der Waals surface area contributed by atoms with Crippen molar-refractivity contribution in [2.24, 2.45) is 0 Å². The van der Waals surface area contributed by atoms with Crippen LogP contribution in [0.5, 0.6) is 17.2 Å². The van der Waals surface area contributed by atoms with Gasteiger partial charge in [-0.15, -0.1) is 0 Å². The number of benzene rings is 3. The minimum absolute atomic E-state index is 0.0193. The summed E-state index contributed by atoms with van der Waals surface area (Å²) in [6.07, 6.45) is 0. The van der Waals surface area contributed by atoms with E-state index in [1.165, 1.54) is 4.90 Å². The van der Waals surface area contributed by atoms with E-state index in [-0.39, 0.29) is 17.9 Å². The Bertz CT molecular complexity index is 1280. The molecule has 7 nitrogen and oxygen atoms in total. The Labute approximate surface area is 196 Å². The molecule has 172 valence electrons. The van der Waals surface area contributed by atoms with Gasteiger partial charge in [0.05, 0.1) is 18.7 Å². The number of methoxy groups -OCH3 is 1. The molecular formula is C27H23NO6. The first-order valence-electron chi connectivity index (χ1n) is 10.9. The summed E-state index contributed by atoms with van der Waals surface area (Å²) in [5.41, 5.74) is 1.92. The lowest BCUT2D eigenvalue weighted by Gasteiger charge is -2.26. The average molecular weight is 457 g/mol. The summed E-state index contributed by atoms with van der Waals surface area (Å²) >= 11 is 0. The molecule has 1 amide bonds. The van der Waals surface area contributed by atoms with Crippen molar-refractivity contribution in [3.8, 4) is 17.2 Å². The van der Waals surface area contributed by atoms with Crippen LogP contribution in [0.1, 0.15) is 22.7 Å². The highest BCUT2D eigenvalue weighted by atomic mass is 16.6. The first-order chi connectivity index (χ1) is 16.6. The van der Waals surface area contributed by atoms with E-state index in [2.05, 4.69) is 0 Å². The van der Waals surface area contributed by atoms with Crippen LogP contribution in [0.3, 0.4) is 0 Å². The van der Waals surface area contributed by atoms with Crippen LogP contribution in [0.4, 0.5) is 0 Å². The smallest absolute Gasteiger partial charge is 0.295 e. The first kappa shape index (κ1) is 21.6. The number of rotatable bonds is 5. The highest BCUT2D eigenvalue weighted by Gasteiger charge is 2.46. The van der Waals surface area contributed by atoms with Crippen LogP contribution >= 0.6 is 0 Å². The van der Waals surface area contributed by atoms with Crippen molar-refractivity contribution in [2.75, 3.05) is 20.3 Å². The molecule has 2 aliphatic heterocycles. The van der Waals surface area contributed by atoms with Crippen LogP contribution in [-0.4, -0.2) is 42.0 Å². The number of ketones is 1. The van der Waals surface area contributed by atoms with E-state index >= 15 is 0 Å². The highest BCUT2D eigenvalue weighted by molar-refractivity contribution is 6.46. The molecule has 1 saturated heterocycles. The Morgan fingerprint density at radius 2 is 1.74 bits per heavy atom. The van der Waals surface area contributed by atoms with Crippen molar-refractivity contribution in [3.05, 3.63) is 95.1 Å². The maximum Gasteiger partial charge on any atom is 0.295 e. The lowest BCUT2D eigenvalue weighted by Crippen LogP contribution is -2.29. The van der Waals surface area contributed by atoms with E-state index < -0.39 is 17.7 Å². The van der Waals surface area contributed by atoms with Gasteiger partial charge in [-0.25, -0.2) is 0 Å². The molecule has 1 fully saturated rings. The number of aliphatic hydroxyl groups excluding tert-OH is 1. The Balaban J connectivity index is 1.64. The van der Waals surface area contributed by atoms with E-state index in [4.69, 9.17) is 14.2 Å². The van der Waals surface area contributed by atoms with Crippen molar-refractivity contribution in [3.63, 3.8) is 0 Å². The molecule has 0 aromatic heterocycles. The largest absolute Gasteiger partial charge is 0.507 e. The molecule has 2 heterocycles. The second-order valence-corrected chi connectivity index (χ2v) is 8.05. The van der Waals surface area contributed by atoms with Gasteiger partial charge in [-0.3, -0.25) is 9.59 Å². The minimum Gasteiger partial charge on any atom is -0.507 e. The molecule has 0 aliphatic carbocycles. The molecular weight excluding hydrogens is 434 g/mol. The third kappa shape index (κ3) is 3.85. The number of hydrogen-bond donors (Lipinski definition) is 1. The summed E-state index contributed by atoms with van der Waals surface area (Å²) in [5, 5.41) is 11.3. The van der Waals surface area contributed by atoms with Gasteiger partial charge in [-0.2, -0.15) is 0 Å². The molecule has 2 aliphatic rings. The monoisotopic (exact) mass is 457 g/mol. The lowest BCUT2D eigenvalue weighted by molar-refractivity contribution is -0.140. The van der Waals surface area contributed by atoms with Crippen molar-refractivity contribution in [1.82, 2.24) is 4.90 Å². The molecule has 5 rings (SSSR count). The number of nitrogens with zero attached hydrogens (tertiary/aromatic N) is 1. The third-order valence-corrected chi connectivity index (χ3v) is 5.96. The normalized spacial score (nSPS) is 18.7. The number of likely N-dealkylation sites (tertiary alicyclic amines) is 1. The fourth-order valence-corrected chi connectivity index (χ4v) is 4.33. The van der Waals surface area contributed by atoms with Crippen LogP contribution in [0.2, 0.25) is 0 Å². The zero-order valence-electron chi connectivity index (χ0n) is 18.6. The number of carbonyl (C=O) groups excluding carboxylic acids is 2. The van der Waals surface area contributed by atoms with Gasteiger partial charge in [-0.1, -0.05) is 42.5 Å². The van der Waals surface area contributed by atoms with Crippen LogP contribution < -0.4 is 14.2 Å². The number of aliphatic hydroxyl groups is 1. The second-order valence-electron chi connectivity index (χ2n) is 8.05. The Hall–Kier alpha value is -4.26. The molecule has 0 radical (unpaired) electrons. The van der Waals surface area contributed by atoms with Crippen LogP contribution in [0.25, 0.3) is 5.76 Å². The van der Waals surface area contributed by atoms with Crippen LogP contribution in [0, 0.1) is 0 Å². The van der Waals surface area contributed by atoms with Gasteiger partial charge in [0.25, 0.3) is 11.7 Å². The van der Waals surface area contributed by atoms with Crippen molar-refractivity contribution < 1.29 is 28.9 Å². The second kappa shape index (κ2) is 8.94. The number of hydrogen-bond acceptors (Lipinski definition) is 6. The number of carbonyl (C=O) groups is 2. The van der Waals surface area contributed by atoms with E-state index in [0.29, 0.717) is 41.6 Å². The number of ether oxygens (including phenoxy) is 3. The zero-order valence-corrected chi connectivity index (χ0v) is 18.6. The molecule has 3 aromatic rings. The fourth-order valence-electron chi connectivity index (χ4n) is 4.33. The fraction of sp³-hybridized carbons (Fsp3) is 0.185. The SMILES string of the molecule is COc1cccc(C2C(=C(O)c3ccc4c(c3)OCCO4)C(=O)C(=O)N2Cc2ccccc2)c1. The van der Waals surface area contributed by atoms with Gasteiger partial charge in [0.2, 0.25) is 0 Å². The van der Waals surface area contributed by atoms with Gasteiger partial charge in [-0.05, 0) is 41.5 Å². The summed E-state index contributed by atoms with van der Waals surface area (Å²) in [4.78, 5) is 27.9. The first-order valence-corrected chi connectivity index (χ1v) is 10.9. The Morgan fingerprint density at radius 3 is 2.50 bits per heavy atom. The molecule has 0 bridgehead atoms. The summed E-state index contributed by atoms with van der Waals surface area (Å²) < 4.78 is 16.6. The van der Waals surface area contributed by atoms with E-state index in [1.54, 1.807) is 43.5 Å². The summed E-state index contributed by atoms with van der Waals surface area (Å²) in [7, 11) is 1.55. The summed E-state index contributed by atoms with van der Waals surface area (Å²) in [6, 6.07) is 20.8. The van der Waals surface area contributed by atoms with Gasteiger partial charge in [0.15, 0.2) is 11.5 Å². The van der Waals surface area contributed by atoms with Gasteiger partial charge >= 0.3 is 0 Å². The van der Waals surface area contributed by atoms with Gasteiger partial charge in [0, 0.05) is 12.1 Å². The molecule has 3 aromatic carbocycles. The van der Waals surface area contributed by atoms with Crippen molar-refractivity contribution in [1.29, 1.82) is 0 Å². The minimum atomic E-state index is -0.788. The zero-order chi connectivity index (χ0) is 23.7. The molecule has 1 N–H and O–H groups in total. The molecule has 34 heavy (non-hydrogen) atoms. The molecule has 0 spiro atoms. The quantitative estimate of drug-likeness (QED) is 0.353.